The summed E-state index contributed by atoms with van der Waals surface area (Å²) in [5.41, 5.74) is 3.77. The predicted molar refractivity (Wildman–Crippen MR) is 128 cm³/mol. The molecule has 0 bridgehead atoms. The maximum atomic E-state index is 13.0. The van der Waals surface area contributed by atoms with Crippen molar-refractivity contribution in [3.05, 3.63) is 72.6 Å². The van der Waals surface area contributed by atoms with Crippen molar-refractivity contribution in [1.29, 1.82) is 0 Å². The Bertz CT molecular complexity index is 1130. The molecule has 2 aliphatic rings. The van der Waals surface area contributed by atoms with E-state index in [4.69, 9.17) is 0 Å². The van der Waals surface area contributed by atoms with Gasteiger partial charge in [-0.1, -0.05) is 30.3 Å². The molecule has 1 aromatic heterocycles. The third-order valence-electron chi connectivity index (χ3n) is 6.51. The van der Waals surface area contributed by atoms with Crippen molar-refractivity contribution < 1.29 is 9.59 Å². The Balaban J connectivity index is 1.14. The van der Waals surface area contributed by atoms with Gasteiger partial charge in [-0.15, -0.1) is 0 Å². The van der Waals surface area contributed by atoms with Crippen LogP contribution in [0.4, 0.5) is 11.5 Å². The summed E-state index contributed by atoms with van der Waals surface area (Å²) < 4.78 is 0. The van der Waals surface area contributed by atoms with E-state index in [1.165, 1.54) is 0 Å². The maximum Gasteiger partial charge on any atom is 0.229 e. The second kappa shape index (κ2) is 9.02. The van der Waals surface area contributed by atoms with Gasteiger partial charge in [-0.05, 0) is 31.2 Å². The number of piperazine rings is 1. The summed E-state index contributed by atoms with van der Waals surface area (Å²) in [5, 5.41) is 0. The number of ketones is 1. The molecular weight excluding hydrogens is 414 g/mol. The van der Waals surface area contributed by atoms with E-state index in [1.807, 2.05) is 65.6 Å². The summed E-state index contributed by atoms with van der Waals surface area (Å²) in [5.74, 6) is 1.19. The Hall–Kier alpha value is -3.74. The van der Waals surface area contributed by atoms with Gasteiger partial charge in [0.05, 0.1) is 11.6 Å². The zero-order valence-corrected chi connectivity index (χ0v) is 18.7. The van der Waals surface area contributed by atoms with Crippen molar-refractivity contribution in [2.24, 2.45) is 5.92 Å². The number of aromatic nitrogens is 2. The van der Waals surface area contributed by atoms with Crippen LogP contribution in [0.25, 0.3) is 11.3 Å². The minimum Gasteiger partial charge on any atom is -0.368 e. The molecule has 5 rings (SSSR count). The summed E-state index contributed by atoms with van der Waals surface area (Å²) in [6.07, 6.45) is 1.59. The van der Waals surface area contributed by atoms with E-state index in [0.717, 1.165) is 54.5 Å². The molecule has 3 aromatic rings. The molecule has 0 unspecified atom stereocenters. The lowest BCUT2D eigenvalue weighted by Gasteiger charge is -2.43. The number of Topliss-reactive ketones (excluding diaryl/α,β-unsaturated/α-hetero) is 1. The third kappa shape index (κ3) is 4.44. The van der Waals surface area contributed by atoms with E-state index < -0.39 is 0 Å². The molecular formula is C26H27N5O2. The average Bonchev–Trinajstić information content (AvgIpc) is 2.84. The van der Waals surface area contributed by atoms with Gasteiger partial charge in [-0.2, -0.15) is 0 Å². The van der Waals surface area contributed by atoms with Gasteiger partial charge in [0.2, 0.25) is 5.91 Å². The summed E-state index contributed by atoms with van der Waals surface area (Å²) in [4.78, 5) is 39.7. The van der Waals surface area contributed by atoms with Crippen molar-refractivity contribution in [2.45, 2.75) is 6.92 Å². The van der Waals surface area contributed by atoms with E-state index >= 15 is 0 Å². The Morgan fingerprint density at radius 3 is 2.21 bits per heavy atom. The van der Waals surface area contributed by atoms with Crippen molar-refractivity contribution >= 4 is 23.2 Å². The molecule has 0 spiro atoms. The SMILES string of the molecule is CC(=O)c1ccc(N2CCN(C(=O)C3CN(c4cc(-c5ccccc5)ncn4)C3)CC2)cc1. The summed E-state index contributed by atoms with van der Waals surface area (Å²) in [7, 11) is 0. The number of nitrogens with zero attached hydrogens (tertiary/aromatic N) is 5. The minimum atomic E-state index is 0.0153. The van der Waals surface area contributed by atoms with E-state index in [-0.39, 0.29) is 17.6 Å². The average molecular weight is 442 g/mol. The molecule has 2 aliphatic heterocycles. The Morgan fingerprint density at radius 1 is 0.848 bits per heavy atom. The first-order chi connectivity index (χ1) is 16.1. The van der Waals surface area contributed by atoms with Crippen LogP contribution in [-0.2, 0) is 4.79 Å². The standard InChI is InChI=1S/C26H27N5O2/c1-19(32)20-7-9-23(10-8-20)29-11-13-30(14-12-29)26(33)22-16-31(17-22)25-15-24(27-18-28-25)21-5-3-2-4-6-21/h2-10,15,18,22H,11-14,16-17H2,1H3. The molecule has 168 valence electrons. The van der Waals surface area contributed by atoms with Gasteiger partial charge in [0.15, 0.2) is 5.78 Å². The first-order valence-electron chi connectivity index (χ1n) is 11.4. The number of anilines is 2. The fourth-order valence-electron chi connectivity index (χ4n) is 4.46. The fourth-order valence-corrected chi connectivity index (χ4v) is 4.46. The van der Waals surface area contributed by atoms with Gasteiger partial charge < -0.3 is 14.7 Å². The van der Waals surface area contributed by atoms with E-state index in [0.29, 0.717) is 13.1 Å². The molecule has 0 radical (unpaired) electrons. The highest BCUT2D eigenvalue weighted by atomic mass is 16.2. The molecule has 7 nitrogen and oxygen atoms in total. The van der Waals surface area contributed by atoms with Crippen LogP contribution >= 0.6 is 0 Å². The highest BCUT2D eigenvalue weighted by Gasteiger charge is 2.37. The van der Waals surface area contributed by atoms with Gasteiger partial charge >= 0.3 is 0 Å². The van der Waals surface area contributed by atoms with Crippen LogP contribution < -0.4 is 9.80 Å². The second-order valence-corrected chi connectivity index (χ2v) is 8.64. The van der Waals surface area contributed by atoms with Crippen LogP contribution in [0.1, 0.15) is 17.3 Å². The van der Waals surface area contributed by atoms with Crippen LogP contribution in [0.2, 0.25) is 0 Å². The molecule has 2 saturated heterocycles. The zero-order valence-electron chi connectivity index (χ0n) is 18.7. The number of rotatable bonds is 5. The number of hydrogen-bond acceptors (Lipinski definition) is 6. The van der Waals surface area contributed by atoms with Crippen LogP contribution in [0.5, 0.6) is 0 Å². The highest BCUT2D eigenvalue weighted by molar-refractivity contribution is 5.94. The lowest BCUT2D eigenvalue weighted by Crippen LogP contribution is -2.58. The molecule has 0 atom stereocenters. The molecule has 2 fully saturated rings. The van der Waals surface area contributed by atoms with Crippen molar-refractivity contribution in [1.82, 2.24) is 14.9 Å². The first-order valence-corrected chi connectivity index (χ1v) is 11.4. The van der Waals surface area contributed by atoms with Crippen LogP contribution in [-0.4, -0.2) is 65.8 Å². The molecule has 1 amide bonds. The molecule has 2 aromatic carbocycles. The Labute approximate surface area is 193 Å². The number of hydrogen-bond donors (Lipinski definition) is 0. The van der Waals surface area contributed by atoms with Crippen molar-refractivity contribution in [3.63, 3.8) is 0 Å². The Kier molecular flexibility index (Phi) is 5.77. The van der Waals surface area contributed by atoms with E-state index in [2.05, 4.69) is 19.8 Å². The van der Waals surface area contributed by atoms with E-state index in [1.54, 1.807) is 13.3 Å². The largest absolute Gasteiger partial charge is 0.368 e. The number of carbonyl (C=O) groups excluding carboxylic acids is 2. The number of amides is 1. The highest BCUT2D eigenvalue weighted by Crippen LogP contribution is 2.27. The lowest BCUT2D eigenvalue weighted by molar-refractivity contribution is -0.136. The number of benzene rings is 2. The Morgan fingerprint density at radius 2 is 1.55 bits per heavy atom. The van der Waals surface area contributed by atoms with Crippen molar-refractivity contribution in [2.75, 3.05) is 49.1 Å². The van der Waals surface area contributed by atoms with Gasteiger partial charge in [-0.25, -0.2) is 9.97 Å². The molecule has 0 saturated carbocycles. The van der Waals surface area contributed by atoms with Gasteiger partial charge in [0.25, 0.3) is 0 Å². The summed E-state index contributed by atoms with van der Waals surface area (Å²) in [6.45, 7) is 5.99. The van der Waals surface area contributed by atoms with Gasteiger partial charge in [0, 0.05) is 62.1 Å². The quantitative estimate of drug-likeness (QED) is 0.567. The third-order valence-corrected chi connectivity index (χ3v) is 6.51. The van der Waals surface area contributed by atoms with Crippen LogP contribution in [0.15, 0.2) is 67.0 Å². The molecule has 0 N–H and O–H groups in total. The predicted octanol–water partition coefficient (Wildman–Crippen LogP) is 3.13. The van der Waals surface area contributed by atoms with Gasteiger partial charge in [-0.3, -0.25) is 9.59 Å². The smallest absolute Gasteiger partial charge is 0.229 e. The molecule has 7 heteroatoms. The maximum absolute atomic E-state index is 13.0. The zero-order chi connectivity index (χ0) is 22.8. The first kappa shape index (κ1) is 21.1. The number of carbonyl (C=O) groups is 2. The molecule has 0 aliphatic carbocycles. The van der Waals surface area contributed by atoms with Crippen molar-refractivity contribution in [3.8, 4) is 11.3 Å². The minimum absolute atomic E-state index is 0.0153. The summed E-state index contributed by atoms with van der Waals surface area (Å²) in [6, 6.07) is 19.8. The fraction of sp³-hybridized carbons (Fsp3) is 0.308. The lowest BCUT2D eigenvalue weighted by atomic mass is 9.97. The second-order valence-electron chi connectivity index (χ2n) is 8.64. The summed E-state index contributed by atoms with van der Waals surface area (Å²) >= 11 is 0. The van der Waals surface area contributed by atoms with Gasteiger partial charge in [0.1, 0.15) is 12.1 Å². The molecule has 33 heavy (non-hydrogen) atoms. The van der Waals surface area contributed by atoms with E-state index in [9.17, 15) is 9.59 Å². The van der Waals surface area contributed by atoms with Crippen LogP contribution in [0.3, 0.4) is 0 Å². The normalized spacial score (nSPS) is 16.5. The van der Waals surface area contributed by atoms with Crippen LogP contribution in [0, 0.1) is 5.92 Å². The molecule has 3 heterocycles. The monoisotopic (exact) mass is 441 g/mol. The topological polar surface area (TPSA) is 69.6 Å².